The number of Topliss-reactive ketones (excluding diaryl/α,β-unsaturated/α-hetero) is 1. The standard InChI is InChI=1S/C16H15NO3/c1-19-17-12-11-16(18)13-7-9-15(10-8-13)20-14-5-3-2-4-6-14/h2-10,12H,11H2,1H3/b17-12-. The molecule has 4 heteroatoms. The maximum atomic E-state index is 11.8. The van der Waals surface area contributed by atoms with Gasteiger partial charge in [-0.3, -0.25) is 4.79 Å². The number of ketones is 1. The largest absolute Gasteiger partial charge is 0.457 e. The van der Waals surface area contributed by atoms with E-state index in [1.165, 1.54) is 13.3 Å². The average molecular weight is 269 g/mol. The van der Waals surface area contributed by atoms with Crippen molar-refractivity contribution in [2.75, 3.05) is 7.11 Å². The van der Waals surface area contributed by atoms with Crippen molar-refractivity contribution in [2.45, 2.75) is 6.42 Å². The van der Waals surface area contributed by atoms with Crippen LogP contribution in [0, 0.1) is 0 Å². The van der Waals surface area contributed by atoms with Gasteiger partial charge in [0.2, 0.25) is 0 Å². The molecule has 0 unspecified atom stereocenters. The second-order valence-corrected chi connectivity index (χ2v) is 4.04. The summed E-state index contributed by atoms with van der Waals surface area (Å²) in [5.41, 5.74) is 0.618. The molecule has 0 spiro atoms. The van der Waals surface area contributed by atoms with Crippen LogP contribution in [0.1, 0.15) is 16.8 Å². The SMILES string of the molecule is CO/N=C\CC(=O)c1ccc(Oc2ccccc2)cc1. The summed E-state index contributed by atoms with van der Waals surface area (Å²) >= 11 is 0. The van der Waals surface area contributed by atoms with E-state index in [1.54, 1.807) is 24.3 Å². The molecule has 0 aliphatic rings. The van der Waals surface area contributed by atoms with Gasteiger partial charge in [0.05, 0.1) is 6.21 Å². The van der Waals surface area contributed by atoms with Crippen molar-refractivity contribution in [3.05, 3.63) is 60.2 Å². The number of nitrogens with zero attached hydrogens (tertiary/aromatic N) is 1. The number of rotatable bonds is 6. The second kappa shape index (κ2) is 7.09. The fraction of sp³-hybridized carbons (Fsp3) is 0.125. The van der Waals surface area contributed by atoms with Crippen LogP contribution in [0.25, 0.3) is 0 Å². The molecule has 2 rings (SSSR count). The van der Waals surface area contributed by atoms with E-state index in [2.05, 4.69) is 9.99 Å². The van der Waals surface area contributed by atoms with Gasteiger partial charge in [0.25, 0.3) is 0 Å². The van der Waals surface area contributed by atoms with E-state index in [4.69, 9.17) is 4.74 Å². The molecule has 2 aromatic carbocycles. The quantitative estimate of drug-likeness (QED) is 0.456. The molecule has 0 heterocycles. The summed E-state index contributed by atoms with van der Waals surface area (Å²) in [7, 11) is 1.44. The monoisotopic (exact) mass is 269 g/mol. The van der Waals surface area contributed by atoms with Gasteiger partial charge in [0, 0.05) is 12.0 Å². The molecule has 0 N–H and O–H groups in total. The van der Waals surface area contributed by atoms with Crippen molar-refractivity contribution < 1.29 is 14.4 Å². The summed E-state index contributed by atoms with van der Waals surface area (Å²) in [6.07, 6.45) is 1.66. The highest BCUT2D eigenvalue weighted by Crippen LogP contribution is 2.21. The van der Waals surface area contributed by atoms with E-state index < -0.39 is 0 Å². The Morgan fingerprint density at radius 1 is 1.05 bits per heavy atom. The first kappa shape index (κ1) is 13.8. The predicted octanol–water partition coefficient (Wildman–Crippen LogP) is 3.68. The Morgan fingerprint density at radius 3 is 2.35 bits per heavy atom. The fourth-order valence-electron chi connectivity index (χ4n) is 1.65. The number of hydrogen-bond donors (Lipinski definition) is 0. The van der Waals surface area contributed by atoms with E-state index in [0.717, 1.165) is 5.75 Å². The Hall–Kier alpha value is -2.62. The first-order valence-corrected chi connectivity index (χ1v) is 6.21. The average Bonchev–Trinajstić information content (AvgIpc) is 2.49. The van der Waals surface area contributed by atoms with Crippen molar-refractivity contribution in [1.82, 2.24) is 0 Å². The molecule has 0 fully saturated rings. The molecule has 0 bridgehead atoms. The number of carbonyl (C=O) groups excluding carboxylic acids is 1. The van der Waals surface area contributed by atoms with Gasteiger partial charge in [-0.15, -0.1) is 0 Å². The van der Waals surface area contributed by atoms with Crippen molar-refractivity contribution >= 4 is 12.0 Å². The number of benzene rings is 2. The van der Waals surface area contributed by atoms with Gasteiger partial charge in [-0.1, -0.05) is 23.4 Å². The summed E-state index contributed by atoms with van der Waals surface area (Å²) in [6, 6.07) is 16.5. The molecule has 0 saturated heterocycles. The van der Waals surface area contributed by atoms with Crippen LogP contribution < -0.4 is 4.74 Å². The Kier molecular flexibility index (Phi) is 4.89. The van der Waals surface area contributed by atoms with Gasteiger partial charge in [-0.2, -0.15) is 0 Å². The highest BCUT2D eigenvalue weighted by Gasteiger charge is 2.04. The molecule has 2 aromatic rings. The lowest BCUT2D eigenvalue weighted by atomic mass is 10.1. The molecule has 0 saturated carbocycles. The van der Waals surface area contributed by atoms with Crippen LogP contribution in [-0.2, 0) is 4.84 Å². The normalized spacial score (nSPS) is 10.4. The van der Waals surface area contributed by atoms with Crippen molar-refractivity contribution in [3.63, 3.8) is 0 Å². The second-order valence-electron chi connectivity index (χ2n) is 4.04. The lowest BCUT2D eigenvalue weighted by molar-refractivity contribution is 0.1000. The Balaban J connectivity index is 1.99. The fourth-order valence-corrected chi connectivity index (χ4v) is 1.65. The Bertz CT molecular complexity index is 576. The van der Waals surface area contributed by atoms with E-state index in [9.17, 15) is 4.79 Å². The van der Waals surface area contributed by atoms with E-state index in [-0.39, 0.29) is 12.2 Å². The number of para-hydroxylation sites is 1. The molecule has 0 aromatic heterocycles. The minimum Gasteiger partial charge on any atom is -0.457 e. The van der Waals surface area contributed by atoms with Gasteiger partial charge in [0.1, 0.15) is 18.6 Å². The molecular weight excluding hydrogens is 254 g/mol. The highest BCUT2D eigenvalue weighted by molar-refractivity contribution is 6.03. The van der Waals surface area contributed by atoms with Crippen LogP contribution in [0.5, 0.6) is 11.5 Å². The maximum Gasteiger partial charge on any atom is 0.168 e. The molecule has 0 radical (unpaired) electrons. The number of oxime groups is 1. The third-order valence-corrected chi connectivity index (χ3v) is 2.61. The topological polar surface area (TPSA) is 47.9 Å². The van der Waals surface area contributed by atoms with Crippen molar-refractivity contribution in [1.29, 1.82) is 0 Å². The summed E-state index contributed by atoms with van der Waals surface area (Å²) in [6.45, 7) is 0. The van der Waals surface area contributed by atoms with Crippen LogP contribution in [0.2, 0.25) is 0 Å². The first-order chi connectivity index (χ1) is 9.79. The zero-order chi connectivity index (χ0) is 14.2. The molecule has 0 amide bonds. The van der Waals surface area contributed by atoms with Crippen LogP contribution in [-0.4, -0.2) is 19.1 Å². The van der Waals surface area contributed by atoms with Crippen molar-refractivity contribution in [3.8, 4) is 11.5 Å². The maximum absolute atomic E-state index is 11.8. The number of carbonyl (C=O) groups is 1. The third-order valence-electron chi connectivity index (χ3n) is 2.61. The van der Waals surface area contributed by atoms with Crippen LogP contribution in [0.15, 0.2) is 59.8 Å². The third kappa shape index (κ3) is 3.95. The van der Waals surface area contributed by atoms with E-state index >= 15 is 0 Å². The molecule has 0 atom stereocenters. The number of hydrogen-bond acceptors (Lipinski definition) is 4. The van der Waals surface area contributed by atoms with E-state index in [1.807, 2.05) is 30.3 Å². The highest BCUT2D eigenvalue weighted by atomic mass is 16.6. The predicted molar refractivity (Wildman–Crippen MR) is 77.4 cm³/mol. The summed E-state index contributed by atoms with van der Waals surface area (Å²) in [5.74, 6) is 1.44. The molecular formula is C16H15NO3. The van der Waals surface area contributed by atoms with Crippen molar-refractivity contribution in [2.24, 2.45) is 5.16 Å². The minimum atomic E-state index is -0.0166. The lowest BCUT2D eigenvalue weighted by Gasteiger charge is -2.05. The van der Waals surface area contributed by atoms with Crippen LogP contribution >= 0.6 is 0 Å². The molecule has 0 aliphatic heterocycles. The zero-order valence-electron chi connectivity index (χ0n) is 11.2. The Morgan fingerprint density at radius 2 is 1.70 bits per heavy atom. The number of ether oxygens (including phenoxy) is 1. The lowest BCUT2D eigenvalue weighted by Crippen LogP contribution is -1.99. The van der Waals surface area contributed by atoms with Crippen LogP contribution in [0.3, 0.4) is 0 Å². The molecule has 20 heavy (non-hydrogen) atoms. The van der Waals surface area contributed by atoms with Gasteiger partial charge in [-0.25, -0.2) is 0 Å². The molecule has 0 aliphatic carbocycles. The zero-order valence-corrected chi connectivity index (χ0v) is 11.2. The van der Waals surface area contributed by atoms with Crippen LogP contribution in [0.4, 0.5) is 0 Å². The smallest absolute Gasteiger partial charge is 0.168 e. The van der Waals surface area contributed by atoms with Gasteiger partial charge < -0.3 is 9.57 Å². The summed E-state index contributed by atoms with van der Waals surface area (Å²) < 4.78 is 5.65. The minimum absolute atomic E-state index is 0.0166. The Labute approximate surface area is 117 Å². The summed E-state index contributed by atoms with van der Waals surface area (Å²) in [5, 5.41) is 3.54. The summed E-state index contributed by atoms with van der Waals surface area (Å²) in [4.78, 5) is 16.3. The van der Waals surface area contributed by atoms with Gasteiger partial charge in [-0.05, 0) is 36.4 Å². The molecule has 4 nitrogen and oxygen atoms in total. The van der Waals surface area contributed by atoms with Gasteiger partial charge >= 0.3 is 0 Å². The van der Waals surface area contributed by atoms with E-state index in [0.29, 0.717) is 11.3 Å². The first-order valence-electron chi connectivity index (χ1n) is 6.21. The molecule has 102 valence electrons. The van der Waals surface area contributed by atoms with Gasteiger partial charge in [0.15, 0.2) is 5.78 Å².